The van der Waals surface area contributed by atoms with Gasteiger partial charge in [0.05, 0.1) is 0 Å². The second kappa shape index (κ2) is 5.02. The maximum Gasteiger partial charge on any atom is 0.196 e. The second-order valence-electron chi connectivity index (χ2n) is 5.40. The summed E-state index contributed by atoms with van der Waals surface area (Å²) in [6, 6.07) is 20.0. The van der Waals surface area contributed by atoms with Gasteiger partial charge in [-0.05, 0) is 24.5 Å². The number of hydrogen-bond acceptors (Lipinski definition) is 3. The molecule has 0 saturated carbocycles. The summed E-state index contributed by atoms with van der Waals surface area (Å²) in [5, 5.41) is 9.95. The highest BCUT2D eigenvalue weighted by atomic mass is 17.2. The van der Waals surface area contributed by atoms with Crippen molar-refractivity contribution in [2.24, 2.45) is 0 Å². The van der Waals surface area contributed by atoms with Crippen molar-refractivity contribution in [1.82, 2.24) is 0 Å². The predicted molar refractivity (Wildman–Crippen MR) is 75.7 cm³/mol. The molecule has 2 aromatic rings. The van der Waals surface area contributed by atoms with E-state index in [1.807, 2.05) is 60.7 Å². The van der Waals surface area contributed by atoms with Crippen LogP contribution in [0.2, 0.25) is 0 Å². The van der Waals surface area contributed by atoms with E-state index in [0.717, 1.165) is 11.1 Å². The van der Waals surface area contributed by atoms with Gasteiger partial charge < -0.3 is 5.11 Å². The van der Waals surface area contributed by atoms with Gasteiger partial charge in [-0.3, -0.25) is 0 Å². The van der Waals surface area contributed by atoms with Gasteiger partial charge in [0.15, 0.2) is 11.4 Å². The average molecular weight is 270 g/mol. The Labute approximate surface area is 118 Å². The van der Waals surface area contributed by atoms with E-state index < -0.39 is 11.4 Å². The van der Waals surface area contributed by atoms with E-state index in [4.69, 9.17) is 9.78 Å². The Bertz CT molecular complexity index is 512. The second-order valence-corrected chi connectivity index (χ2v) is 5.40. The molecule has 0 radical (unpaired) electrons. The zero-order chi connectivity index (χ0) is 14.1. The molecule has 1 aliphatic rings. The van der Waals surface area contributed by atoms with Crippen LogP contribution in [0.25, 0.3) is 0 Å². The van der Waals surface area contributed by atoms with Crippen molar-refractivity contribution in [2.45, 2.75) is 31.2 Å². The molecule has 0 aliphatic carbocycles. The molecule has 1 saturated heterocycles. The lowest BCUT2D eigenvalue weighted by Crippen LogP contribution is -2.44. The number of hydrogen-bond donors (Lipinski definition) is 1. The maximum absolute atomic E-state index is 9.95. The molecule has 2 aromatic carbocycles. The van der Waals surface area contributed by atoms with Crippen LogP contribution < -0.4 is 0 Å². The van der Waals surface area contributed by atoms with E-state index in [0.29, 0.717) is 12.8 Å². The minimum Gasteiger partial charge on any atom is -0.363 e. The molecule has 3 heteroatoms. The first-order valence-electron chi connectivity index (χ1n) is 6.83. The highest BCUT2D eigenvalue weighted by Gasteiger charge is 2.45. The highest BCUT2D eigenvalue weighted by molar-refractivity contribution is 5.36. The molecule has 0 amide bonds. The van der Waals surface area contributed by atoms with E-state index in [9.17, 15) is 5.11 Å². The zero-order valence-corrected chi connectivity index (χ0v) is 11.5. The molecule has 104 valence electrons. The van der Waals surface area contributed by atoms with Crippen LogP contribution in [0, 0.1) is 0 Å². The molecule has 0 aromatic heterocycles. The molecule has 3 nitrogen and oxygen atoms in total. The van der Waals surface area contributed by atoms with Crippen LogP contribution in [0.3, 0.4) is 0 Å². The third-order valence-electron chi connectivity index (χ3n) is 3.78. The minimum atomic E-state index is -1.23. The lowest BCUT2D eigenvalue weighted by Gasteiger charge is -2.41. The summed E-state index contributed by atoms with van der Waals surface area (Å²) in [5.41, 5.74) is 1.40. The van der Waals surface area contributed by atoms with Crippen LogP contribution in [0.4, 0.5) is 0 Å². The van der Waals surface area contributed by atoms with E-state index in [-0.39, 0.29) is 0 Å². The minimum absolute atomic E-state index is 0.511. The molecular formula is C17H18O3. The molecule has 1 unspecified atom stereocenters. The van der Waals surface area contributed by atoms with Crippen molar-refractivity contribution in [2.75, 3.05) is 0 Å². The average Bonchev–Trinajstić information content (AvgIpc) is 2.50. The van der Waals surface area contributed by atoms with Crippen molar-refractivity contribution in [3.8, 4) is 0 Å². The Balaban J connectivity index is 2.06. The smallest absolute Gasteiger partial charge is 0.196 e. The lowest BCUT2D eigenvalue weighted by atomic mass is 9.81. The summed E-state index contributed by atoms with van der Waals surface area (Å²) in [6.07, 6.45) is 1.17. The summed E-state index contributed by atoms with van der Waals surface area (Å²) in [6.45, 7) is 1.62. The topological polar surface area (TPSA) is 38.7 Å². The number of rotatable bonds is 2. The van der Waals surface area contributed by atoms with Gasteiger partial charge in [-0.15, -0.1) is 0 Å². The summed E-state index contributed by atoms with van der Waals surface area (Å²) in [5.74, 6) is -1.23. The van der Waals surface area contributed by atoms with Crippen LogP contribution in [-0.2, 0) is 15.4 Å². The van der Waals surface area contributed by atoms with Crippen LogP contribution in [0.1, 0.15) is 30.9 Å². The molecule has 1 N–H and O–H groups in total. The molecule has 1 aliphatic heterocycles. The van der Waals surface area contributed by atoms with Crippen molar-refractivity contribution in [3.05, 3.63) is 71.8 Å². The molecule has 20 heavy (non-hydrogen) atoms. The van der Waals surface area contributed by atoms with Gasteiger partial charge >= 0.3 is 0 Å². The highest BCUT2D eigenvalue weighted by Crippen LogP contribution is 2.43. The Hall–Kier alpha value is -1.68. The van der Waals surface area contributed by atoms with Gasteiger partial charge in [0, 0.05) is 6.42 Å². The first-order valence-corrected chi connectivity index (χ1v) is 6.83. The Morgan fingerprint density at radius 1 is 0.800 bits per heavy atom. The van der Waals surface area contributed by atoms with E-state index >= 15 is 0 Å². The molecule has 0 bridgehead atoms. The van der Waals surface area contributed by atoms with Gasteiger partial charge in [0.2, 0.25) is 0 Å². The Morgan fingerprint density at radius 2 is 1.30 bits per heavy atom. The quantitative estimate of drug-likeness (QED) is 0.850. The Morgan fingerprint density at radius 3 is 1.70 bits per heavy atom. The normalized spacial score (nSPS) is 25.3. The Kier molecular flexibility index (Phi) is 3.34. The van der Waals surface area contributed by atoms with E-state index in [1.54, 1.807) is 6.92 Å². The number of aliphatic hydroxyl groups is 1. The maximum atomic E-state index is 9.95. The third-order valence-corrected chi connectivity index (χ3v) is 3.78. The van der Waals surface area contributed by atoms with Gasteiger partial charge in [-0.2, -0.15) is 0 Å². The molecule has 1 heterocycles. The van der Waals surface area contributed by atoms with Gasteiger partial charge in [0.25, 0.3) is 0 Å². The zero-order valence-electron chi connectivity index (χ0n) is 11.5. The molecular weight excluding hydrogens is 252 g/mol. The van der Waals surface area contributed by atoms with Crippen LogP contribution in [0.15, 0.2) is 60.7 Å². The van der Waals surface area contributed by atoms with Gasteiger partial charge in [0.1, 0.15) is 0 Å². The first-order chi connectivity index (χ1) is 9.62. The molecule has 3 rings (SSSR count). The lowest BCUT2D eigenvalue weighted by molar-refractivity contribution is -0.477. The van der Waals surface area contributed by atoms with Crippen molar-refractivity contribution < 1.29 is 14.9 Å². The third kappa shape index (κ3) is 2.36. The van der Waals surface area contributed by atoms with Crippen LogP contribution in [-0.4, -0.2) is 10.9 Å². The van der Waals surface area contributed by atoms with Crippen molar-refractivity contribution in [3.63, 3.8) is 0 Å². The first kappa shape index (κ1) is 13.3. The van der Waals surface area contributed by atoms with Crippen LogP contribution in [0.5, 0.6) is 0 Å². The summed E-state index contributed by atoms with van der Waals surface area (Å²) >= 11 is 0. The van der Waals surface area contributed by atoms with E-state index in [2.05, 4.69) is 0 Å². The molecule has 1 atom stereocenters. The fourth-order valence-corrected chi connectivity index (χ4v) is 2.62. The number of benzene rings is 2. The molecule has 1 fully saturated rings. The van der Waals surface area contributed by atoms with E-state index in [1.165, 1.54) is 0 Å². The summed E-state index contributed by atoms with van der Waals surface area (Å²) < 4.78 is 0. The summed E-state index contributed by atoms with van der Waals surface area (Å²) in [4.78, 5) is 10.9. The van der Waals surface area contributed by atoms with Gasteiger partial charge in [-0.25, -0.2) is 9.78 Å². The predicted octanol–water partition coefficient (Wildman–Crippen LogP) is 3.38. The SMILES string of the molecule is CC1(O)CCC(c2ccccc2)(c2ccccc2)OO1. The fourth-order valence-electron chi connectivity index (χ4n) is 2.62. The largest absolute Gasteiger partial charge is 0.363 e. The van der Waals surface area contributed by atoms with Gasteiger partial charge in [-0.1, -0.05) is 60.7 Å². The fraction of sp³-hybridized carbons (Fsp3) is 0.294. The molecule has 0 spiro atoms. The summed E-state index contributed by atoms with van der Waals surface area (Å²) in [7, 11) is 0. The van der Waals surface area contributed by atoms with Crippen molar-refractivity contribution in [1.29, 1.82) is 0 Å². The van der Waals surface area contributed by atoms with Crippen molar-refractivity contribution >= 4 is 0 Å². The van der Waals surface area contributed by atoms with Crippen LogP contribution >= 0.6 is 0 Å². The monoisotopic (exact) mass is 270 g/mol. The standard InChI is InChI=1S/C17H18O3/c1-16(18)12-13-17(20-19-16,14-8-4-2-5-9-14)15-10-6-3-7-11-15/h2-11,18H,12-13H2,1H3.